The van der Waals surface area contributed by atoms with Crippen LogP contribution < -0.4 is 10.6 Å². The number of carbonyl (C=O) groups is 2. The molecule has 5 nitrogen and oxygen atoms in total. The molecule has 7 heteroatoms. The van der Waals surface area contributed by atoms with Crippen LogP contribution in [0.15, 0.2) is 65.0 Å². The van der Waals surface area contributed by atoms with E-state index in [0.717, 1.165) is 21.2 Å². The van der Waals surface area contributed by atoms with Crippen LogP contribution in [0, 0.1) is 0 Å². The number of nitrogens with one attached hydrogen (secondary N) is 2. The van der Waals surface area contributed by atoms with Gasteiger partial charge in [0.2, 0.25) is 11.8 Å². The molecule has 1 aliphatic heterocycles. The van der Waals surface area contributed by atoms with Crippen LogP contribution in [0.2, 0.25) is 0 Å². The van der Waals surface area contributed by atoms with Gasteiger partial charge in [0.25, 0.3) is 0 Å². The molecule has 2 amide bonds. The van der Waals surface area contributed by atoms with Crippen molar-refractivity contribution < 1.29 is 9.59 Å². The highest BCUT2D eigenvalue weighted by molar-refractivity contribution is 8.01. The first-order valence-electron chi connectivity index (χ1n) is 8.05. The quantitative estimate of drug-likeness (QED) is 0.709. The van der Waals surface area contributed by atoms with E-state index in [0.29, 0.717) is 5.69 Å². The van der Waals surface area contributed by atoms with Crippen LogP contribution in [-0.4, -0.2) is 22.0 Å². The van der Waals surface area contributed by atoms with Crippen LogP contribution >= 0.6 is 23.1 Å². The van der Waals surface area contributed by atoms with Crippen molar-refractivity contribution >= 4 is 46.3 Å². The molecule has 1 unspecified atom stereocenters. The second-order valence-electron chi connectivity index (χ2n) is 5.76. The average molecular weight is 381 g/mol. The van der Waals surface area contributed by atoms with E-state index in [-0.39, 0.29) is 18.2 Å². The zero-order chi connectivity index (χ0) is 17.9. The number of nitrogens with zero attached hydrogens (tertiary/aromatic N) is 1. The first-order chi connectivity index (χ1) is 12.7. The summed E-state index contributed by atoms with van der Waals surface area (Å²) in [4.78, 5) is 29.8. The zero-order valence-corrected chi connectivity index (χ0v) is 15.3. The van der Waals surface area contributed by atoms with E-state index in [2.05, 4.69) is 15.6 Å². The predicted molar refractivity (Wildman–Crippen MR) is 106 cm³/mol. The molecule has 2 aromatic carbocycles. The maximum Gasteiger partial charge on any atom is 0.238 e. The Bertz CT molecular complexity index is 940. The maximum absolute atomic E-state index is 12.3. The monoisotopic (exact) mass is 381 g/mol. The molecule has 2 heterocycles. The second-order valence-corrected chi connectivity index (χ2v) is 7.90. The lowest BCUT2D eigenvalue weighted by Gasteiger charge is -2.23. The smallest absolute Gasteiger partial charge is 0.238 e. The van der Waals surface area contributed by atoms with E-state index >= 15 is 0 Å². The van der Waals surface area contributed by atoms with Crippen LogP contribution in [0.1, 0.15) is 6.42 Å². The fourth-order valence-corrected chi connectivity index (χ4v) is 4.42. The van der Waals surface area contributed by atoms with Gasteiger partial charge in [0.1, 0.15) is 5.01 Å². The summed E-state index contributed by atoms with van der Waals surface area (Å²) in [6, 6.07) is 15.1. The molecule has 0 saturated heterocycles. The Balaban J connectivity index is 1.39. The molecular formula is C19H15N3O2S2. The van der Waals surface area contributed by atoms with Crippen molar-refractivity contribution in [1.82, 2.24) is 4.98 Å². The maximum atomic E-state index is 12.3. The Morgan fingerprint density at radius 2 is 1.96 bits per heavy atom. The van der Waals surface area contributed by atoms with E-state index in [1.165, 1.54) is 11.8 Å². The Labute approximate surface area is 158 Å². The van der Waals surface area contributed by atoms with Crippen LogP contribution in [0.4, 0.5) is 11.4 Å². The zero-order valence-electron chi connectivity index (χ0n) is 13.6. The second kappa shape index (κ2) is 7.31. The van der Waals surface area contributed by atoms with Crippen molar-refractivity contribution in [2.75, 3.05) is 10.6 Å². The Kier molecular flexibility index (Phi) is 4.73. The van der Waals surface area contributed by atoms with E-state index in [1.54, 1.807) is 17.5 Å². The van der Waals surface area contributed by atoms with E-state index in [1.807, 2.05) is 53.9 Å². The topological polar surface area (TPSA) is 71.1 Å². The third kappa shape index (κ3) is 3.63. The van der Waals surface area contributed by atoms with E-state index < -0.39 is 5.25 Å². The minimum absolute atomic E-state index is 0.124. The highest BCUT2D eigenvalue weighted by Crippen LogP contribution is 2.36. The number of hydrogen-bond donors (Lipinski definition) is 2. The highest BCUT2D eigenvalue weighted by atomic mass is 32.2. The molecular weight excluding hydrogens is 366 g/mol. The molecule has 4 rings (SSSR count). The number of hydrogen-bond acceptors (Lipinski definition) is 5. The number of amides is 2. The summed E-state index contributed by atoms with van der Waals surface area (Å²) < 4.78 is 0. The Hall–Kier alpha value is -2.64. The average Bonchev–Trinajstić information content (AvgIpc) is 3.17. The van der Waals surface area contributed by atoms with Crippen molar-refractivity contribution in [1.29, 1.82) is 0 Å². The molecule has 130 valence electrons. The number of fused-ring (bicyclic) bond motifs is 1. The summed E-state index contributed by atoms with van der Waals surface area (Å²) in [5.41, 5.74) is 2.52. The summed E-state index contributed by atoms with van der Waals surface area (Å²) in [6.45, 7) is 0. The van der Waals surface area contributed by atoms with Crippen molar-refractivity contribution in [2.45, 2.75) is 16.6 Å². The van der Waals surface area contributed by atoms with Gasteiger partial charge >= 0.3 is 0 Å². The third-order valence-corrected chi connectivity index (χ3v) is 6.02. The molecule has 0 spiro atoms. The standard InChI is InChI=1S/C19H15N3O2S2/c23-17(11-16-18(24)22-14-3-1-2-4-15(14)26-16)21-13-7-5-12(6-8-13)19-20-9-10-25-19/h1-10,16H,11H2,(H,21,23)(H,22,24). The number of benzene rings is 2. The summed E-state index contributed by atoms with van der Waals surface area (Å²) in [5, 5.41) is 8.15. The first-order valence-corrected chi connectivity index (χ1v) is 9.81. The van der Waals surface area contributed by atoms with Gasteiger partial charge in [-0.3, -0.25) is 9.59 Å². The number of para-hydroxylation sites is 1. The largest absolute Gasteiger partial charge is 0.326 e. The molecule has 0 bridgehead atoms. The van der Waals surface area contributed by atoms with Gasteiger partial charge in [-0.2, -0.15) is 0 Å². The third-order valence-electron chi connectivity index (χ3n) is 3.93. The van der Waals surface area contributed by atoms with Crippen molar-refractivity contribution in [3.8, 4) is 10.6 Å². The van der Waals surface area contributed by atoms with Crippen LogP contribution in [0.5, 0.6) is 0 Å². The Morgan fingerprint density at radius 3 is 2.73 bits per heavy atom. The SMILES string of the molecule is O=C(CC1Sc2ccccc2NC1=O)Nc1ccc(-c2nccs2)cc1. The van der Waals surface area contributed by atoms with Crippen LogP contribution in [0.25, 0.3) is 10.6 Å². The molecule has 1 aliphatic rings. The molecule has 1 aromatic heterocycles. The Morgan fingerprint density at radius 1 is 1.15 bits per heavy atom. The highest BCUT2D eigenvalue weighted by Gasteiger charge is 2.28. The number of anilines is 2. The number of carbonyl (C=O) groups excluding carboxylic acids is 2. The van der Waals surface area contributed by atoms with Gasteiger partial charge in [0, 0.05) is 34.1 Å². The lowest BCUT2D eigenvalue weighted by atomic mass is 10.2. The predicted octanol–water partition coefficient (Wildman–Crippen LogP) is 4.25. The molecule has 0 aliphatic carbocycles. The van der Waals surface area contributed by atoms with Crippen LogP contribution in [-0.2, 0) is 9.59 Å². The molecule has 3 aromatic rings. The summed E-state index contributed by atoms with van der Waals surface area (Å²) >= 11 is 2.99. The van der Waals surface area contributed by atoms with Crippen molar-refractivity contribution in [2.24, 2.45) is 0 Å². The van der Waals surface area contributed by atoms with Crippen molar-refractivity contribution in [3.63, 3.8) is 0 Å². The molecule has 26 heavy (non-hydrogen) atoms. The summed E-state index contributed by atoms with van der Waals surface area (Å²) in [6.07, 6.45) is 1.89. The van der Waals surface area contributed by atoms with Gasteiger partial charge in [-0.15, -0.1) is 23.1 Å². The summed E-state index contributed by atoms with van der Waals surface area (Å²) in [7, 11) is 0. The lowest BCUT2D eigenvalue weighted by molar-refractivity contribution is -0.120. The minimum atomic E-state index is -0.431. The van der Waals surface area contributed by atoms with Gasteiger partial charge in [-0.05, 0) is 36.4 Å². The molecule has 0 fully saturated rings. The molecule has 1 atom stereocenters. The molecule has 0 saturated carbocycles. The van der Waals surface area contributed by atoms with Gasteiger partial charge in [0.05, 0.1) is 10.9 Å². The van der Waals surface area contributed by atoms with Gasteiger partial charge in [-0.1, -0.05) is 12.1 Å². The first kappa shape index (κ1) is 16.8. The summed E-state index contributed by atoms with van der Waals surface area (Å²) in [5.74, 6) is -0.318. The normalized spacial score (nSPS) is 15.8. The number of thioether (sulfide) groups is 1. The minimum Gasteiger partial charge on any atom is -0.326 e. The van der Waals surface area contributed by atoms with E-state index in [4.69, 9.17) is 0 Å². The van der Waals surface area contributed by atoms with Gasteiger partial charge in [0.15, 0.2) is 0 Å². The van der Waals surface area contributed by atoms with Gasteiger partial charge in [-0.25, -0.2) is 4.98 Å². The van der Waals surface area contributed by atoms with E-state index in [9.17, 15) is 9.59 Å². The lowest BCUT2D eigenvalue weighted by Crippen LogP contribution is -2.32. The number of thiazole rings is 1. The van der Waals surface area contributed by atoms with Crippen LogP contribution in [0.3, 0.4) is 0 Å². The number of aromatic nitrogens is 1. The number of rotatable bonds is 4. The van der Waals surface area contributed by atoms with Crippen molar-refractivity contribution in [3.05, 3.63) is 60.1 Å². The van der Waals surface area contributed by atoms with Gasteiger partial charge < -0.3 is 10.6 Å². The fraction of sp³-hybridized carbons (Fsp3) is 0.105. The molecule has 2 N–H and O–H groups in total. The fourth-order valence-electron chi connectivity index (χ4n) is 2.67. The molecule has 0 radical (unpaired) electrons.